The molecule has 0 radical (unpaired) electrons. The molecule has 16 heavy (non-hydrogen) atoms. The fourth-order valence-electron chi connectivity index (χ4n) is 1.85. The summed E-state index contributed by atoms with van der Waals surface area (Å²) in [6.07, 6.45) is 0. The van der Waals surface area contributed by atoms with Gasteiger partial charge in [0.05, 0.1) is 0 Å². The molecule has 84 valence electrons. The number of hydrogen-bond donors (Lipinski definition) is 0. The monoisotopic (exact) mass is 232 g/mol. The minimum atomic E-state index is 0.104. The zero-order chi connectivity index (χ0) is 12.6. The van der Waals surface area contributed by atoms with Gasteiger partial charge in [-0.3, -0.25) is 0 Å². The summed E-state index contributed by atoms with van der Waals surface area (Å²) in [5, 5.41) is 0. The van der Waals surface area contributed by atoms with E-state index in [2.05, 4.69) is 76.4 Å². The van der Waals surface area contributed by atoms with Crippen LogP contribution in [-0.4, -0.2) is 16.6 Å². The van der Waals surface area contributed by atoms with Crippen LogP contribution in [0.5, 0.6) is 5.75 Å². The van der Waals surface area contributed by atoms with Gasteiger partial charge in [-0.2, -0.15) is 0 Å². The van der Waals surface area contributed by atoms with Gasteiger partial charge in [0.15, 0.2) is 0 Å². The topological polar surface area (TPSA) is 9.23 Å². The molecule has 0 aliphatic heterocycles. The first-order chi connectivity index (χ1) is 7.18. The number of benzene rings is 1. The van der Waals surface area contributed by atoms with E-state index in [9.17, 15) is 0 Å². The molecule has 0 fully saturated rings. The Kier molecular flexibility index (Phi) is 3.77. The molecule has 1 aromatic rings. The summed E-state index contributed by atoms with van der Waals surface area (Å²) >= 11 is 2.38. The molecule has 0 aliphatic carbocycles. The molecule has 0 unspecified atom stereocenters. The van der Waals surface area contributed by atoms with E-state index in [0.717, 1.165) is 5.75 Å². The second-order valence-corrected chi connectivity index (χ2v) is 6.54. The van der Waals surface area contributed by atoms with Crippen LogP contribution >= 0.6 is 0 Å². The molecule has 1 nitrogen and oxygen atoms in total. The van der Waals surface area contributed by atoms with E-state index in [1.54, 1.807) is 0 Å². The van der Waals surface area contributed by atoms with Crippen LogP contribution in [0.4, 0.5) is 0 Å². The van der Waals surface area contributed by atoms with Gasteiger partial charge in [-0.15, -0.1) is 0 Å². The Morgan fingerprint density at radius 3 is 1.50 bits per heavy atom. The number of rotatable bonds is 1. The predicted octanol–water partition coefficient (Wildman–Crippen LogP) is 3.74. The average molecular weight is 232 g/mol. The molecular weight excluding hydrogens is 211 g/mol. The molecule has 0 saturated carbocycles. The van der Waals surface area contributed by atoms with E-state index in [4.69, 9.17) is 3.79 Å². The maximum absolute atomic E-state index is 5.55. The molecule has 0 heterocycles. The fraction of sp³-hybridized carbons (Fsp3) is 0.571. The maximum atomic E-state index is 5.55. The van der Waals surface area contributed by atoms with Gasteiger partial charge in [0.25, 0.3) is 0 Å². The van der Waals surface area contributed by atoms with Gasteiger partial charge in [0.1, 0.15) is 0 Å². The van der Waals surface area contributed by atoms with Crippen LogP contribution in [-0.2, 0) is 10.8 Å². The van der Waals surface area contributed by atoms with E-state index in [0.29, 0.717) is 0 Å². The van der Waals surface area contributed by atoms with Crippen molar-refractivity contribution in [2.75, 3.05) is 0 Å². The summed E-state index contributed by atoms with van der Waals surface area (Å²) in [6.45, 7) is 13.3. The number of para-hydroxylation sites is 1. The molecule has 0 spiro atoms. The van der Waals surface area contributed by atoms with Crippen LogP contribution in [0, 0.1) is 0 Å². The first-order valence-electron chi connectivity index (χ1n) is 5.68. The Labute approximate surface area is 108 Å². The molecule has 1 aromatic carbocycles. The van der Waals surface area contributed by atoms with E-state index >= 15 is 0 Å². The molecular formula is C14H21AlO+2. The molecule has 1 rings (SSSR count). The first kappa shape index (κ1) is 13.6. The van der Waals surface area contributed by atoms with Crippen LogP contribution in [0.25, 0.3) is 0 Å². The van der Waals surface area contributed by atoms with Crippen molar-refractivity contribution in [3.8, 4) is 5.75 Å². The van der Waals surface area contributed by atoms with Gasteiger partial charge in [-0.05, 0) is 0 Å². The van der Waals surface area contributed by atoms with Gasteiger partial charge in [-0.25, -0.2) is 0 Å². The number of hydrogen-bond acceptors (Lipinski definition) is 1. The summed E-state index contributed by atoms with van der Waals surface area (Å²) in [6, 6.07) is 6.41. The van der Waals surface area contributed by atoms with Crippen molar-refractivity contribution in [1.29, 1.82) is 0 Å². The Morgan fingerprint density at radius 1 is 0.875 bits per heavy atom. The second-order valence-electron chi connectivity index (χ2n) is 6.30. The minimum absolute atomic E-state index is 0.104. The van der Waals surface area contributed by atoms with Crippen LogP contribution in [0.2, 0.25) is 0 Å². The summed E-state index contributed by atoms with van der Waals surface area (Å²) in [5.74, 6) is 1.01. The summed E-state index contributed by atoms with van der Waals surface area (Å²) < 4.78 is 5.55. The van der Waals surface area contributed by atoms with Crippen molar-refractivity contribution < 1.29 is 3.79 Å². The van der Waals surface area contributed by atoms with Crippen molar-refractivity contribution in [3.63, 3.8) is 0 Å². The van der Waals surface area contributed by atoms with Gasteiger partial charge in [-0.1, -0.05) is 0 Å². The van der Waals surface area contributed by atoms with Gasteiger partial charge >= 0.3 is 108 Å². The van der Waals surface area contributed by atoms with Gasteiger partial charge in [0.2, 0.25) is 0 Å². The Morgan fingerprint density at radius 2 is 1.25 bits per heavy atom. The van der Waals surface area contributed by atoms with E-state index < -0.39 is 0 Å². The zero-order valence-electron chi connectivity index (χ0n) is 11.2. The third-order valence-electron chi connectivity index (χ3n) is 2.75. The van der Waals surface area contributed by atoms with Crippen molar-refractivity contribution >= 4 is 16.6 Å². The van der Waals surface area contributed by atoms with Crippen molar-refractivity contribution in [2.45, 2.75) is 52.4 Å². The molecule has 0 atom stereocenters. The summed E-state index contributed by atoms with van der Waals surface area (Å²) in [5.41, 5.74) is 2.73. The van der Waals surface area contributed by atoms with E-state index in [-0.39, 0.29) is 10.8 Å². The molecule has 0 bridgehead atoms. The van der Waals surface area contributed by atoms with Crippen molar-refractivity contribution in [2.24, 2.45) is 0 Å². The molecule has 2 heteroatoms. The van der Waals surface area contributed by atoms with Crippen LogP contribution in [0.3, 0.4) is 0 Å². The molecule has 0 aliphatic rings. The van der Waals surface area contributed by atoms with Crippen molar-refractivity contribution in [3.05, 3.63) is 29.3 Å². The standard InChI is InChI=1S/C14H22O.Al/c1-13(2,3)10-8-7-9-11(12(10)15)14(4,5)6;/h7-9,15H,1-6H3;/q;+3/p-1. The summed E-state index contributed by atoms with van der Waals surface area (Å²) in [7, 11) is 0. The molecule has 0 aromatic heterocycles. The average Bonchev–Trinajstić information content (AvgIpc) is 2.13. The zero-order valence-corrected chi connectivity index (χ0v) is 12.4. The van der Waals surface area contributed by atoms with E-state index in [1.807, 2.05) is 0 Å². The van der Waals surface area contributed by atoms with Crippen LogP contribution in [0.15, 0.2) is 18.2 Å². The molecule has 0 amide bonds. The second kappa shape index (κ2) is 4.43. The van der Waals surface area contributed by atoms with Crippen LogP contribution < -0.4 is 3.79 Å². The normalized spacial score (nSPS) is 12.8. The Bertz CT molecular complexity index is 337. The third-order valence-corrected chi connectivity index (χ3v) is 2.98. The SMILES string of the molecule is CC(C)(C)c1cccc(C(C)(C)C)c1[O][Al+2]. The van der Waals surface area contributed by atoms with E-state index in [1.165, 1.54) is 11.1 Å². The van der Waals surface area contributed by atoms with Crippen molar-refractivity contribution in [1.82, 2.24) is 0 Å². The Balaban J connectivity index is 3.45. The fourth-order valence-corrected chi connectivity index (χ4v) is 2.10. The molecule has 0 saturated heterocycles. The Hall–Kier alpha value is -0.448. The quantitative estimate of drug-likeness (QED) is 0.670. The first-order valence-corrected chi connectivity index (χ1v) is 6.16. The van der Waals surface area contributed by atoms with Gasteiger partial charge < -0.3 is 0 Å². The van der Waals surface area contributed by atoms with Gasteiger partial charge in [0, 0.05) is 0 Å². The molecule has 0 N–H and O–H groups in total. The predicted molar refractivity (Wildman–Crippen MR) is 70.2 cm³/mol. The van der Waals surface area contributed by atoms with Crippen LogP contribution in [0.1, 0.15) is 52.7 Å². The summed E-state index contributed by atoms with van der Waals surface area (Å²) in [4.78, 5) is 0. The third kappa shape index (κ3) is 2.81.